The van der Waals surface area contributed by atoms with Crippen molar-refractivity contribution in [3.05, 3.63) is 69.8 Å². The van der Waals surface area contributed by atoms with E-state index in [9.17, 15) is 14.4 Å². The molecule has 2 aliphatic rings. The summed E-state index contributed by atoms with van der Waals surface area (Å²) in [5.74, 6) is -0.665. The molecule has 2 saturated heterocycles. The number of halogens is 1. The van der Waals surface area contributed by atoms with Crippen LogP contribution in [0.2, 0.25) is 5.02 Å². The smallest absolute Gasteiger partial charge is 0.294 e. The number of imide groups is 1. The second kappa shape index (κ2) is 9.02. The molecule has 3 heterocycles. The standard InChI is InChI=1S/C22H20ClN3O3S/c23-17-8-6-15(7-9-17)12-19-21(28)26(22(29)30-19)14-20(27)25-11-2-1-5-18(25)16-4-3-10-24-13-16/h3-4,6-10,12-13,18H,1-2,5,11,14H2/b19-12-/t18-/m0/s1. The second-order valence-electron chi connectivity index (χ2n) is 7.20. The van der Waals surface area contributed by atoms with Crippen molar-refractivity contribution in [1.29, 1.82) is 0 Å². The Balaban J connectivity index is 1.49. The monoisotopic (exact) mass is 441 g/mol. The molecule has 0 bridgehead atoms. The number of aromatic nitrogens is 1. The predicted octanol–water partition coefficient (Wildman–Crippen LogP) is 4.53. The van der Waals surface area contributed by atoms with E-state index in [-0.39, 0.29) is 18.5 Å². The number of benzene rings is 1. The molecule has 2 aromatic rings. The molecular formula is C22H20ClN3O3S. The number of nitrogens with zero attached hydrogens (tertiary/aromatic N) is 3. The van der Waals surface area contributed by atoms with Crippen molar-refractivity contribution in [3.8, 4) is 0 Å². The van der Waals surface area contributed by atoms with Crippen molar-refractivity contribution >= 4 is 46.5 Å². The Kier molecular flexibility index (Phi) is 6.20. The van der Waals surface area contributed by atoms with Crippen LogP contribution in [-0.2, 0) is 9.59 Å². The van der Waals surface area contributed by atoms with Gasteiger partial charge >= 0.3 is 0 Å². The van der Waals surface area contributed by atoms with Crippen LogP contribution in [-0.4, -0.2) is 44.9 Å². The maximum atomic E-state index is 13.0. The van der Waals surface area contributed by atoms with Crippen LogP contribution in [0.5, 0.6) is 0 Å². The number of carbonyl (C=O) groups excluding carboxylic acids is 3. The van der Waals surface area contributed by atoms with Crippen molar-refractivity contribution in [2.45, 2.75) is 25.3 Å². The number of carbonyl (C=O) groups is 3. The predicted molar refractivity (Wildman–Crippen MR) is 117 cm³/mol. The number of rotatable bonds is 4. The van der Waals surface area contributed by atoms with Gasteiger partial charge in [0.15, 0.2) is 0 Å². The molecule has 1 atom stereocenters. The van der Waals surface area contributed by atoms with Gasteiger partial charge in [-0.1, -0.05) is 29.8 Å². The third-order valence-corrected chi connectivity index (χ3v) is 6.39. The number of hydrogen-bond donors (Lipinski definition) is 0. The fourth-order valence-electron chi connectivity index (χ4n) is 3.72. The van der Waals surface area contributed by atoms with Crippen molar-refractivity contribution in [2.75, 3.05) is 13.1 Å². The van der Waals surface area contributed by atoms with Gasteiger partial charge in [0.1, 0.15) is 6.54 Å². The van der Waals surface area contributed by atoms with Gasteiger partial charge in [-0.2, -0.15) is 0 Å². The first kappa shape index (κ1) is 20.6. The molecule has 0 spiro atoms. The molecule has 1 aromatic heterocycles. The molecule has 0 radical (unpaired) electrons. The highest BCUT2D eigenvalue weighted by molar-refractivity contribution is 8.18. The van der Waals surface area contributed by atoms with Crippen LogP contribution in [0.3, 0.4) is 0 Å². The lowest BCUT2D eigenvalue weighted by Gasteiger charge is -2.36. The Bertz CT molecular complexity index is 994. The number of pyridine rings is 1. The molecule has 8 heteroatoms. The first-order chi connectivity index (χ1) is 14.5. The van der Waals surface area contributed by atoms with Crippen LogP contribution < -0.4 is 0 Å². The summed E-state index contributed by atoms with van der Waals surface area (Å²) in [6, 6.07) is 10.7. The number of thioether (sulfide) groups is 1. The van der Waals surface area contributed by atoms with E-state index in [4.69, 9.17) is 11.6 Å². The minimum atomic E-state index is -0.441. The van der Waals surface area contributed by atoms with E-state index in [2.05, 4.69) is 4.98 Å². The molecule has 0 unspecified atom stereocenters. The molecule has 2 aliphatic heterocycles. The van der Waals surface area contributed by atoms with Crippen molar-refractivity contribution in [2.24, 2.45) is 0 Å². The zero-order valence-corrected chi connectivity index (χ0v) is 17.7. The lowest BCUT2D eigenvalue weighted by Crippen LogP contribution is -2.45. The van der Waals surface area contributed by atoms with Gasteiger partial charge < -0.3 is 4.90 Å². The first-order valence-corrected chi connectivity index (χ1v) is 10.9. The summed E-state index contributed by atoms with van der Waals surface area (Å²) in [6.07, 6.45) is 7.88. The minimum absolute atomic E-state index is 0.0792. The molecule has 0 N–H and O–H groups in total. The van der Waals surface area contributed by atoms with Crippen LogP contribution in [0.25, 0.3) is 6.08 Å². The van der Waals surface area contributed by atoms with Gasteiger partial charge in [-0.25, -0.2) is 0 Å². The second-order valence-corrected chi connectivity index (χ2v) is 8.63. The summed E-state index contributed by atoms with van der Waals surface area (Å²) < 4.78 is 0. The fourth-order valence-corrected chi connectivity index (χ4v) is 4.69. The van der Waals surface area contributed by atoms with Gasteiger partial charge in [-0.05, 0) is 66.4 Å². The highest BCUT2D eigenvalue weighted by atomic mass is 35.5. The quantitative estimate of drug-likeness (QED) is 0.652. The lowest BCUT2D eigenvalue weighted by molar-refractivity contribution is -0.138. The van der Waals surface area contributed by atoms with Crippen LogP contribution in [0, 0.1) is 0 Å². The zero-order chi connectivity index (χ0) is 21.1. The Morgan fingerprint density at radius 1 is 1.20 bits per heavy atom. The van der Waals surface area contributed by atoms with Crippen LogP contribution in [0.15, 0.2) is 53.7 Å². The molecule has 0 saturated carbocycles. The van der Waals surface area contributed by atoms with Gasteiger partial charge in [0, 0.05) is 24.0 Å². The molecule has 2 fully saturated rings. The summed E-state index contributed by atoms with van der Waals surface area (Å²) in [7, 11) is 0. The van der Waals surface area contributed by atoms with Gasteiger partial charge in [-0.15, -0.1) is 0 Å². The van der Waals surface area contributed by atoms with Crippen LogP contribution in [0.4, 0.5) is 4.79 Å². The highest BCUT2D eigenvalue weighted by Crippen LogP contribution is 2.34. The SMILES string of the molecule is O=C1S/C(=C\c2ccc(Cl)cc2)C(=O)N1CC(=O)N1CCCC[C@H]1c1cccnc1. The Hall–Kier alpha value is -2.64. The fraction of sp³-hybridized carbons (Fsp3) is 0.273. The van der Waals surface area contributed by atoms with Gasteiger partial charge in [-0.3, -0.25) is 24.3 Å². The topological polar surface area (TPSA) is 70.6 Å². The number of likely N-dealkylation sites (tertiary alicyclic amines) is 1. The number of piperidine rings is 1. The molecule has 154 valence electrons. The van der Waals surface area contributed by atoms with Crippen LogP contribution in [0.1, 0.15) is 36.4 Å². The molecule has 0 aliphatic carbocycles. The van der Waals surface area contributed by atoms with Gasteiger partial charge in [0.25, 0.3) is 11.1 Å². The third-order valence-electron chi connectivity index (χ3n) is 5.23. The largest absolute Gasteiger partial charge is 0.334 e. The van der Waals surface area contributed by atoms with E-state index < -0.39 is 11.1 Å². The van der Waals surface area contributed by atoms with Crippen LogP contribution >= 0.6 is 23.4 Å². The summed E-state index contributed by atoms with van der Waals surface area (Å²) in [5.41, 5.74) is 1.74. The average molecular weight is 442 g/mol. The molecule has 1 aromatic carbocycles. The van der Waals surface area contributed by atoms with Crippen molar-refractivity contribution in [1.82, 2.24) is 14.8 Å². The number of amides is 3. The van der Waals surface area contributed by atoms with E-state index in [0.717, 1.165) is 47.1 Å². The third kappa shape index (κ3) is 4.42. The van der Waals surface area contributed by atoms with E-state index in [1.54, 1.807) is 47.6 Å². The molecule has 6 nitrogen and oxygen atoms in total. The van der Waals surface area contributed by atoms with E-state index in [1.165, 1.54) is 0 Å². The maximum absolute atomic E-state index is 13.0. The summed E-state index contributed by atoms with van der Waals surface area (Å²) in [5, 5.41) is 0.166. The minimum Gasteiger partial charge on any atom is -0.334 e. The maximum Gasteiger partial charge on any atom is 0.294 e. The summed E-state index contributed by atoms with van der Waals surface area (Å²) in [6.45, 7) is 0.356. The molecular weight excluding hydrogens is 422 g/mol. The van der Waals surface area contributed by atoms with Crippen molar-refractivity contribution < 1.29 is 14.4 Å². The molecule has 3 amide bonds. The Labute approximate surface area is 183 Å². The molecule has 4 rings (SSSR count). The zero-order valence-electron chi connectivity index (χ0n) is 16.2. The average Bonchev–Trinajstić information content (AvgIpc) is 3.03. The highest BCUT2D eigenvalue weighted by Gasteiger charge is 2.38. The van der Waals surface area contributed by atoms with Crippen molar-refractivity contribution in [3.63, 3.8) is 0 Å². The van der Waals surface area contributed by atoms with Gasteiger partial charge in [0.05, 0.1) is 10.9 Å². The normalized spacial score (nSPS) is 20.8. The summed E-state index contributed by atoms with van der Waals surface area (Å²) in [4.78, 5) is 45.5. The summed E-state index contributed by atoms with van der Waals surface area (Å²) >= 11 is 6.74. The Morgan fingerprint density at radius 3 is 2.73 bits per heavy atom. The van der Waals surface area contributed by atoms with Gasteiger partial charge in [0.2, 0.25) is 5.91 Å². The molecule has 30 heavy (non-hydrogen) atoms. The Morgan fingerprint density at radius 2 is 2.00 bits per heavy atom. The first-order valence-electron chi connectivity index (χ1n) is 9.73. The van der Waals surface area contributed by atoms with E-state index in [1.807, 2.05) is 12.1 Å². The van der Waals surface area contributed by atoms with E-state index >= 15 is 0 Å². The lowest BCUT2D eigenvalue weighted by atomic mass is 9.96. The van der Waals surface area contributed by atoms with E-state index in [0.29, 0.717) is 16.5 Å². The number of hydrogen-bond acceptors (Lipinski definition) is 5.